The molecule has 21 heavy (non-hydrogen) atoms. The zero-order valence-electron chi connectivity index (χ0n) is 11.5. The molecule has 108 valence electrons. The molecule has 2 nitrogen and oxygen atoms in total. The van der Waals surface area contributed by atoms with Crippen molar-refractivity contribution < 1.29 is 9.47 Å². The van der Waals surface area contributed by atoms with E-state index in [1.807, 2.05) is 36.4 Å². The number of ether oxygens (including phenoxy) is 2. The molecule has 0 fully saturated rings. The molecule has 0 aliphatic heterocycles. The second-order valence-corrected chi connectivity index (χ2v) is 4.91. The standard InChI is InChI=1S/C17H14Cl2O2/c1-20-17-9-6-15(19)11-14(17)12-21-16-7-4-13(5-8-16)3-2-10-18/h4-9,11H,10,12H2,1H3. The number of alkyl halides is 1. The lowest BCUT2D eigenvalue weighted by molar-refractivity contribution is 0.296. The van der Waals surface area contributed by atoms with E-state index >= 15 is 0 Å². The van der Waals surface area contributed by atoms with E-state index in [1.54, 1.807) is 13.2 Å². The summed E-state index contributed by atoms with van der Waals surface area (Å²) in [5.74, 6) is 7.59. The summed E-state index contributed by atoms with van der Waals surface area (Å²) in [6.07, 6.45) is 0. The molecule has 0 spiro atoms. The molecule has 0 atom stereocenters. The molecule has 0 N–H and O–H groups in total. The van der Waals surface area contributed by atoms with Gasteiger partial charge in [0.1, 0.15) is 18.1 Å². The average Bonchev–Trinajstić information content (AvgIpc) is 2.52. The lowest BCUT2D eigenvalue weighted by atomic mass is 10.2. The molecule has 0 aromatic heterocycles. The SMILES string of the molecule is COc1ccc(Cl)cc1COc1ccc(C#CCCl)cc1. The fourth-order valence-electron chi connectivity index (χ4n) is 1.79. The van der Waals surface area contributed by atoms with Crippen molar-refractivity contribution in [3.05, 3.63) is 58.6 Å². The third kappa shape index (κ3) is 4.60. The summed E-state index contributed by atoms with van der Waals surface area (Å²) in [5, 5.41) is 0.654. The zero-order chi connectivity index (χ0) is 15.1. The van der Waals surface area contributed by atoms with Crippen molar-refractivity contribution in [1.29, 1.82) is 0 Å². The Hall–Kier alpha value is -1.82. The van der Waals surface area contributed by atoms with Crippen LogP contribution in [0.25, 0.3) is 0 Å². The number of benzene rings is 2. The summed E-state index contributed by atoms with van der Waals surface area (Å²) in [7, 11) is 1.62. The highest BCUT2D eigenvalue weighted by Gasteiger charge is 2.05. The fraction of sp³-hybridized carbons (Fsp3) is 0.176. The van der Waals surface area contributed by atoms with Gasteiger partial charge in [-0.2, -0.15) is 0 Å². The predicted octanol–water partition coefficient (Wildman–Crippen LogP) is 4.52. The van der Waals surface area contributed by atoms with Crippen molar-refractivity contribution in [2.24, 2.45) is 0 Å². The van der Waals surface area contributed by atoms with Gasteiger partial charge in [0.2, 0.25) is 0 Å². The topological polar surface area (TPSA) is 18.5 Å². The van der Waals surface area contributed by atoms with Crippen LogP contribution >= 0.6 is 23.2 Å². The Bertz CT molecular complexity index is 655. The first-order valence-corrected chi connectivity index (χ1v) is 7.24. The number of rotatable bonds is 4. The van der Waals surface area contributed by atoms with Gasteiger partial charge in [-0.25, -0.2) is 0 Å². The second kappa shape index (κ2) is 7.83. The van der Waals surface area contributed by atoms with E-state index in [-0.39, 0.29) is 0 Å². The maximum atomic E-state index is 5.99. The summed E-state index contributed by atoms with van der Waals surface area (Å²) in [4.78, 5) is 0. The Balaban J connectivity index is 2.04. The molecule has 2 aromatic carbocycles. The van der Waals surface area contributed by atoms with Crippen LogP contribution in [0, 0.1) is 11.8 Å². The normalized spacial score (nSPS) is 9.67. The van der Waals surface area contributed by atoms with E-state index in [0.29, 0.717) is 17.5 Å². The predicted molar refractivity (Wildman–Crippen MR) is 86.4 cm³/mol. The van der Waals surface area contributed by atoms with Crippen molar-refractivity contribution in [3.63, 3.8) is 0 Å². The van der Waals surface area contributed by atoms with E-state index in [9.17, 15) is 0 Å². The summed E-state index contributed by atoms with van der Waals surface area (Å²) in [5.41, 5.74) is 1.80. The van der Waals surface area contributed by atoms with Gasteiger partial charge in [-0.1, -0.05) is 23.4 Å². The summed E-state index contributed by atoms with van der Waals surface area (Å²) in [6, 6.07) is 13.0. The molecule has 0 bridgehead atoms. The molecule has 0 amide bonds. The van der Waals surface area contributed by atoms with E-state index < -0.39 is 0 Å². The lowest BCUT2D eigenvalue weighted by Gasteiger charge is -2.10. The van der Waals surface area contributed by atoms with Gasteiger partial charge in [-0.05, 0) is 42.5 Å². The van der Waals surface area contributed by atoms with Crippen molar-refractivity contribution in [2.75, 3.05) is 13.0 Å². The van der Waals surface area contributed by atoms with Crippen molar-refractivity contribution in [3.8, 4) is 23.3 Å². The third-order valence-electron chi connectivity index (χ3n) is 2.79. The highest BCUT2D eigenvalue weighted by atomic mass is 35.5. The van der Waals surface area contributed by atoms with Gasteiger partial charge in [0.05, 0.1) is 13.0 Å². The van der Waals surface area contributed by atoms with E-state index in [4.69, 9.17) is 32.7 Å². The first-order valence-electron chi connectivity index (χ1n) is 6.33. The molecule has 0 saturated heterocycles. The molecule has 0 saturated carbocycles. The van der Waals surface area contributed by atoms with Crippen LogP contribution in [0.5, 0.6) is 11.5 Å². The number of hydrogen-bond donors (Lipinski definition) is 0. The van der Waals surface area contributed by atoms with Crippen LogP contribution in [-0.4, -0.2) is 13.0 Å². The van der Waals surface area contributed by atoms with Gasteiger partial charge in [-0.15, -0.1) is 11.6 Å². The van der Waals surface area contributed by atoms with E-state index in [2.05, 4.69) is 11.8 Å². The van der Waals surface area contributed by atoms with Crippen molar-refractivity contribution >= 4 is 23.2 Å². The minimum Gasteiger partial charge on any atom is -0.496 e. The largest absolute Gasteiger partial charge is 0.496 e. The van der Waals surface area contributed by atoms with Crippen molar-refractivity contribution in [1.82, 2.24) is 0 Å². The molecular formula is C17H14Cl2O2. The number of methoxy groups -OCH3 is 1. The molecule has 0 heterocycles. The van der Waals surface area contributed by atoms with Crippen LogP contribution in [-0.2, 0) is 6.61 Å². The fourth-order valence-corrected chi connectivity index (χ4v) is 2.05. The smallest absolute Gasteiger partial charge is 0.125 e. The van der Waals surface area contributed by atoms with Gasteiger partial charge in [-0.3, -0.25) is 0 Å². The minimum atomic E-state index is 0.326. The minimum absolute atomic E-state index is 0.326. The quantitative estimate of drug-likeness (QED) is 0.609. The highest BCUT2D eigenvalue weighted by Crippen LogP contribution is 2.24. The maximum absolute atomic E-state index is 5.99. The van der Waals surface area contributed by atoms with Gasteiger partial charge in [0, 0.05) is 16.1 Å². The van der Waals surface area contributed by atoms with Gasteiger partial charge in [0.15, 0.2) is 0 Å². The van der Waals surface area contributed by atoms with Crippen LogP contribution in [0.4, 0.5) is 0 Å². The third-order valence-corrected chi connectivity index (χ3v) is 3.16. The summed E-state index contributed by atoms with van der Waals surface area (Å²) < 4.78 is 11.0. The van der Waals surface area contributed by atoms with Crippen LogP contribution < -0.4 is 9.47 Å². The van der Waals surface area contributed by atoms with Gasteiger partial charge < -0.3 is 9.47 Å². The van der Waals surface area contributed by atoms with E-state index in [1.165, 1.54) is 0 Å². The van der Waals surface area contributed by atoms with E-state index in [0.717, 1.165) is 22.6 Å². The Kier molecular flexibility index (Phi) is 5.80. The zero-order valence-corrected chi connectivity index (χ0v) is 13.0. The van der Waals surface area contributed by atoms with Crippen LogP contribution in [0.15, 0.2) is 42.5 Å². The molecule has 0 aliphatic carbocycles. The molecule has 0 radical (unpaired) electrons. The Morgan fingerprint density at radius 1 is 1.10 bits per heavy atom. The Morgan fingerprint density at radius 3 is 2.52 bits per heavy atom. The van der Waals surface area contributed by atoms with Crippen LogP contribution in [0.1, 0.15) is 11.1 Å². The van der Waals surface area contributed by atoms with Gasteiger partial charge in [0.25, 0.3) is 0 Å². The number of halogens is 2. The molecule has 0 unspecified atom stereocenters. The molecule has 2 aromatic rings. The maximum Gasteiger partial charge on any atom is 0.125 e. The molecule has 0 aliphatic rings. The molecule has 4 heteroatoms. The molecular weight excluding hydrogens is 307 g/mol. The first-order chi connectivity index (χ1) is 10.2. The highest BCUT2D eigenvalue weighted by molar-refractivity contribution is 6.30. The average molecular weight is 321 g/mol. The summed E-state index contributed by atoms with van der Waals surface area (Å²) >= 11 is 11.5. The second-order valence-electron chi connectivity index (χ2n) is 4.20. The first kappa shape index (κ1) is 15.6. The number of hydrogen-bond acceptors (Lipinski definition) is 2. The Labute approximate surface area is 134 Å². The van der Waals surface area contributed by atoms with Gasteiger partial charge >= 0.3 is 0 Å². The van der Waals surface area contributed by atoms with Crippen LogP contribution in [0.3, 0.4) is 0 Å². The van der Waals surface area contributed by atoms with Crippen molar-refractivity contribution in [2.45, 2.75) is 6.61 Å². The monoisotopic (exact) mass is 320 g/mol. The van der Waals surface area contributed by atoms with Crippen LogP contribution in [0.2, 0.25) is 5.02 Å². The lowest BCUT2D eigenvalue weighted by Crippen LogP contribution is -1.98. The Morgan fingerprint density at radius 2 is 1.86 bits per heavy atom. The molecule has 2 rings (SSSR count). The summed E-state index contributed by atoms with van der Waals surface area (Å²) in [6.45, 7) is 0.385.